The molecule has 0 aliphatic carbocycles. The average molecular weight is 568 g/mol. The largest absolute Gasteiger partial charge is 0.383 e. The third kappa shape index (κ3) is 5.54. The lowest BCUT2D eigenvalue weighted by Crippen LogP contribution is -2.27. The van der Waals surface area contributed by atoms with Gasteiger partial charge in [-0.3, -0.25) is 9.78 Å². The summed E-state index contributed by atoms with van der Waals surface area (Å²) in [7, 11) is 1.64. The molecule has 0 fully saturated rings. The fourth-order valence-electron chi connectivity index (χ4n) is 6.58. The highest BCUT2D eigenvalue weighted by Crippen LogP contribution is 2.42. The fraction of sp³-hybridized carbons (Fsp3) is 0.457. The highest BCUT2D eigenvalue weighted by atomic mass is 16.5. The summed E-state index contributed by atoms with van der Waals surface area (Å²) in [6, 6.07) is 6.68. The Morgan fingerprint density at radius 3 is 2.19 bits per heavy atom. The van der Waals surface area contributed by atoms with Crippen LogP contribution < -0.4 is 5.32 Å². The number of H-pyrrole nitrogens is 2. The van der Waals surface area contributed by atoms with Crippen LogP contribution in [0.3, 0.4) is 0 Å². The summed E-state index contributed by atoms with van der Waals surface area (Å²) in [5, 5.41) is 2.97. The molecule has 2 atom stereocenters. The van der Waals surface area contributed by atoms with E-state index in [-0.39, 0.29) is 17.7 Å². The van der Waals surface area contributed by atoms with Crippen molar-refractivity contribution in [2.75, 3.05) is 20.3 Å². The Kier molecular flexibility index (Phi) is 8.69. The molecule has 0 spiro atoms. The molecular formula is C35H45N5O2. The maximum Gasteiger partial charge on any atom is 0.220 e. The number of aromatic amines is 2. The number of amides is 1. The highest BCUT2D eigenvalue weighted by Gasteiger charge is 2.31. The Labute approximate surface area is 249 Å². The monoisotopic (exact) mass is 567 g/mol. The molecule has 3 aromatic heterocycles. The van der Waals surface area contributed by atoms with E-state index in [4.69, 9.17) is 14.7 Å². The van der Waals surface area contributed by atoms with Crippen molar-refractivity contribution in [2.45, 2.75) is 86.0 Å². The van der Waals surface area contributed by atoms with Gasteiger partial charge < -0.3 is 20.0 Å². The summed E-state index contributed by atoms with van der Waals surface area (Å²) >= 11 is 0. The molecule has 2 aliphatic heterocycles. The lowest BCUT2D eigenvalue weighted by atomic mass is 9.85. The number of carbonyl (C=O) groups is 1. The third-order valence-corrected chi connectivity index (χ3v) is 9.22. The smallest absolute Gasteiger partial charge is 0.220 e. The topological polar surface area (TPSA) is 95.7 Å². The molecule has 0 aromatic carbocycles. The van der Waals surface area contributed by atoms with Gasteiger partial charge in [-0.15, -0.1) is 0 Å². The van der Waals surface area contributed by atoms with Gasteiger partial charge in [0.05, 0.1) is 18.0 Å². The van der Waals surface area contributed by atoms with Crippen molar-refractivity contribution in [1.29, 1.82) is 0 Å². The van der Waals surface area contributed by atoms with Gasteiger partial charge >= 0.3 is 0 Å². The van der Waals surface area contributed by atoms with Crippen molar-refractivity contribution < 1.29 is 9.53 Å². The molecule has 42 heavy (non-hydrogen) atoms. The standard InChI is InChI=1S/C35H45N5O2/c1-9-24-21(5)30-18-33-25(10-2)20(4)29(38-33)17-31-22(6)26(11-12-34(41)36-13-14-42-8)35(40-31)23(7)28-15-19(3)27(37-28)16-32(24)39-30/h15-18,22,26,38-39H,9-14H2,1-8H3,(H,36,41)/t22-,26-/m0/s1. The van der Waals surface area contributed by atoms with Crippen molar-refractivity contribution in [3.05, 3.63) is 68.8 Å². The number of nitrogens with one attached hydrogen (secondary N) is 3. The van der Waals surface area contributed by atoms with E-state index in [2.05, 4.69) is 88.0 Å². The maximum atomic E-state index is 12.6. The molecule has 3 N–H and O–H groups in total. The highest BCUT2D eigenvalue weighted by molar-refractivity contribution is 5.85. The predicted octanol–water partition coefficient (Wildman–Crippen LogP) is 7.36. The first kappa shape index (κ1) is 29.8. The van der Waals surface area contributed by atoms with Crippen LogP contribution in [0, 0.1) is 20.8 Å². The summed E-state index contributed by atoms with van der Waals surface area (Å²) in [5.74, 6) is 0.336. The van der Waals surface area contributed by atoms with Crippen molar-refractivity contribution >= 4 is 39.6 Å². The summed E-state index contributed by atoms with van der Waals surface area (Å²) in [4.78, 5) is 30.5. The molecule has 0 unspecified atom stereocenters. The lowest BCUT2D eigenvalue weighted by Gasteiger charge is -2.17. The van der Waals surface area contributed by atoms with Crippen molar-refractivity contribution in [1.82, 2.24) is 25.3 Å². The van der Waals surface area contributed by atoms with Crippen LogP contribution in [0.4, 0.5) is 0 Å². The average Bonchev–Trinajstić information content (AvgIpc) is 3.66. The number of aromatic nitrogens is 4. The van der Waals surface area contributed by atoms with Crippen LogP contribution >= 0.6 is 0 Å². The van der Waals surface area contributed by atoms with Gasteiger partial charge in [0, 0.05) is 65.4 Å². The van der Waals surface area contributed by atoms with E-state index in [0.717, 1.165) is 75.2 Å². The van der Waals surface area contributed by atoms with Crippen molar-refractivity contribution in [3.63, 3.8) is 0 Å². The number of aryl methyl sites for hydroxylation is 4. The quantitative estimate of drug-likeness (QED) is 0.248. The summed E-state index contributed by atoms with van der Waals surface area (Å²) in [6.07, 6.45) is 5.22. The minimum absolute atomic E-state index is 0.0476. The molecule has 222 valence electrons. The molecule has 1 amide bonds. The summed E-state index contributed by atoms with van der Waals surface area (Å²) < 4.78 is 5.09. The number of hydrogen-bond acceptors (Lipinski definition) is 4. The Hall–Kier alpha value is -3.71. The van der Waals surface area contributed by atoms with Crippen molar-refractivity contribution in [3.8, 4) is 0 Å². The van der Waals surface area contributed by atoms with Gasteiger partial charge in [0.25, 0.3) is 0 Å². The molecule has 3 aromatic rings. The maximum absolute atomic E-state index is 12.6. The Morgan fingerprint density at radius 1 is 0.905 bits per heavy atom. The first-order valence-electron chi connectivity index (χ1n) is 15.3. The number of hydrogen-bond donors (Lipinski definition) is 3. The van der Waals surface area contributed by atoms with Crippen LogP contribution in [0.1, 0.15) is 103 Å². The van der Waals surface area contributed by atoms with Crippen LogP contribution in [0.2, 0.25) is 0 Å². The van der Waals surface area contributed by atoms with Crippen LogP contribution in [0.5, 0.6) is 0 Å². The van der Waals surface area contributed by atoms with E-state index >= 15 is 0 Å². The molecule has 0 saturated heterocycles. The molecule has 5 heterocycles. The Balaban J connectivity index is 1.76. The molecule has 2 aliphatic rings. The number of ether oxygens (including phenoxy) is 1. The van der Waals surface area contributed by atoms with Crippen LogP contribution in [0.25, 0.3) is 33.7 Å². The number of nitrogens with zero attached hydrogens (tertiary/aromatic N) is 2. The minimum atomic E-state index is 0.0476. The van der Waals surface area contributed by atoms with E-state index in [1.54, 1.807) is 7.11 Å². The zero-order chi connectivity index (χ0) is 30.1. The predicted molar refractivity (Wildman–Crippen MR) is 173 cm³/mol. The normalized spacial score (nSPS) is 16.5. The van der Waals surface area contributed by atoms with Crippen molar-refractivity contribution in [2.24, 2.45) is 0 Å². The summed E-state index contributed by atoms with van der Waals surface area (Å²) in [5.41, 5.74) is 15.9. The zero-order valence-electron chi connectivity index (χ0n) is 26.4. The molecule has 0 saturated carbocycles. The van der Waals surface area contributed by atoms with E-state index in [9.17, 15) is 4.79 Å². The lowest BCUT2D eigenvalue weighted by molar-refractivity contribution is -0.121. The van der Waals surface area contributed by atoms with Crippen LogP contribution in [-0.2, 0) is 22.4 Å². The van der Waals surface area contributed by atoms with Gasteiger partial charge in [0.2, 0.25) is 5.91 Å². The van der Waals surface area contributed by atoms with E-state index < -0.39 is 0 Å². The number of rotatable bonds is 8. The molecule has 8 bridgehead atoms. The second-order valence-electron chi connectivity index (χ2n) is 11.8. The molecule has 7 heteroatoms. The second kappa shape index (κ2) is 12.3. The van der Waals surface area contributed by atoms with Gasteiger partial charge in [0.15, 0.2) is 0 Å². The number of carbonyl (C=O) groups excluding carboxylic acids is 1. The van der Waals surface area contributed by atoms with Crippen LogP contribution in [0.15, 0.2) is 18.2 Å². The number of allylic oxidation sites excluding steroid dienone is 1. The van der Waals surface area contributed by atoms with Gasteiger partial charge in [-0.25, -0.2) is 4.98 Å². The number of methoxy groups -OCH3 is 1. The number of fused-ring (bicyclic) bond motifs is 8. The summed E-state index contributed by atoms with van der Waals surface area (Å²) in [6.45, 7) is 16.4. The third-order valence-electron chi connectivity index (χ3n) is 9.22. The molecule has 0 radical (unpaired) electrons. The second-order valence-corrected chi connectivity index (χ2v) is 11.8. The van der Waals surface area contributed by atoms with E-state index in [1.807, 2.05) is 0 Å². The molecule has 5 rings (SSSR count). The van der Waals surface area contributed by atoms with Crippen LogP contribution in [-0.4, -0.2) is 46.1 Å². The van der Waals surface area contributed by atoms with Gasteiger partial charge in [-0.2, -0.15) is 0 Å². The first-order chi connectivity index (χ1) is 20.2. The Bertz CT molecular complexity index is 1710. The van der Waals surface area contributed by atoms with Gasteiger partial charge in [-0.1, -0.05) is 20.8 Å². The van der Waals surface area contributed by atoms with E-state index in [0.29, 0.717) is 19.6 Å². The molecule has 7 nitrogen and oxygen atoms in total. The molecular weight excluding hydrogens is 522 g/mol. The first-order valence-corrected chi connectivity index (χ1v) is 15.3. The SMILES string of the molecule is CCc1c(C)c2cc3[nH]c(cc4nc(c(C)c5nc(cc1[nH]2)C(C)=C5)[C@@H](CCC(=O)NCCOC)[C@@H]4C)c(C)c3CC. The Morgan fingerprint density at radius 2 is 1.55 bits per heavy atom. The van der Waals surface area contributed by atoms with Gasteiger partial charge in [-0.05, 0) is 105 Å². The zero-order valence-corrected chi connectivity index (χ0v) is 26.4. The fourth-order valence-corrected chi connectivity index (χ4v) is 6.58. The van der Waals surface area contributed by atoms with E-state index in [1.165, 1.54) is 22.3 Å². The minimum Gasteiger partial charge on any atom is -0.383 e. The van der Waals surface area contributed by atoms with Gasteiger partial charge in [0.1, 0.15) is 0 Å².